The number of aliphatic hydroxyl groups is 2. The van der Waals surface area contributed by atoms with E-state index in [0.29, 0.717) is 25.8 Å². The first-order valence-corrected chi connectivity index (χ1v) is 15.7. The molecule has 4 N–H and O–H groups in total. The van der Waals surface area contributed by atoms with Crippen molar-refractivity contribution in [3.05, 3.63) is 96.1 Å². The molecule has 0 aromatic heterocycles. The smallest absolute Gasteiger partial charge is 0.246 e. The van der Waals surface area contributed by atoms with E-state index in [1.54, 1.807) is 19.0 Å². The molecule has 3 atom stereocenters. The van der Waals surface area contributed by atoms with Crippen LogP contribution in [0.25, 0.3) is 10.8 Å². The minimum absolute atomic E-state index is 0.0510. The molecular formula is C37H52N4O4. The van der Waals surface area contributed by atoms with Crippen molar-refractivity contribution in [2.45, 2.75) is 70.8 Å². The highest BCUT2D eigenvalue weighted by Crippen LogP contribution is 2.21. The van der Waals surface area contributed by atoms with E-state index in [9.17, 15) is 19.8 Å². The maximum absolute atomic E-state index is 14.4. The highest BCUT2D eigenvalue weighted by Gasteiger charge is 2.35. The summed E-state index contributed by atoms with van der Waals surface area (Å²) >= 11 is 0. The summed E-state index contributed by atoms with van der Waals surface area (Å²) in [7, 11) is 5.24. The first-order chi connectivity index (χ1) is 21.3. The summed E-state index contributed by atoms with van der Waals surface area (Å²) in [5, 5.41) is 29.7. The number of rotatable bonds is 16. The average molecular weight is 617 g/mol. The second-order valence-electron chi connectivity index (χ2n) is 13.4. The van der Waals surface area contributed by atoms with Crippen LogP contribution in [0.4, 0.5) is 0 Å². The van der Waals surface area contributed by atoms with E-state index in [2.05, 4.69) is 30.5 Å². The van der Waals surface area contributed by atoms with Gasteiger partial charge in [-0.3, -0.25) is 14.9 Å². The van der Waals surface area contributed by atoms with Crippen molar-refractivity contribution in [1.82, 2.24) is 20.4 Å². The highest BCUT2D eigenvalue weighted by molar-refractivity contribution is 5.93. The van der Waals surface area contributed by atoms with E-state index < -0.39 is 23.7 Å². The summed E-state index contributed by atoms with van der Waals surface area (Å²) in [6, 6.07) is 22.4. The lowest BCUT2D eigenvalue weighted by atomic mass is 9.94. The van der Waals surface area contributed by atoms with Crippen LogP contribution in [-0.2, 0) is 22.4 Å². The number of carbonyl (C=O) groups excluding carboxylic acids is 2. The molecule has 8 heteroatoms. The van der Waals surface area contributed by atoms with Crippen molar-refractivity contribution >= 4 is 22.6 Å². The number of nitrogens with zero attached hydrogens (tertiary/aromatic N) is 2. The summed E-state index contributed by atoms with van der Waals surface area (Å²) in [6.07, 6.45) is 3.66. The van der Waals surface area contributed by atoms with Crippen LogP contribution in [0.3, 0.4) is 0 Å². The molecule has 45 heavy (non-hydrogen) atoms. The van der Waals surface area contributed by atoms with Gasteiger partial charge >= 0.3 is 0 Å². The van der Waals surface area contributed by atoms with Crippen molar-refractivity contribution in [3.63, 3.8) is 0 Å². The standard InChI is InChI=1S/C37H52N4O4/c1-36(2,26-42)25-39-34(44)31(23-27-14-9-8-10-15-27)41(7)35(45)32(40(6)33(43)18-13-21-37(3,4)38-5)24-28-19-20-29-16-11-12-17-30(29)22-28/h8-20,22,31-32,34,38-39,42,44H,21,23-26H2,1-7H3/b18-13+/t31-,32-,34?/m1/s1. The van der Waals surface area contributed by atoms with Gasteiger partial charge in [-0.1, -0.05) is 92.7 Å². The van der Waals surface area contributed by atoms with Gasteiger partial charge in [0, 0.05) is 44.6 Å². The zero-order chi connectivity index (χ0) is 33.2. The number of hydrogen-bond donors (Lipinski definition) is 4. The minimum Gasteiger partial charge on any atom is -0.396 e. The Bertz CT molecular complexity index is 1420. The molecule has 0 spiro atoms. The van der Waals surface area contributed by atoms with Gasteiger partial charge in [-0.25, -0.2) is 0 Å². The molecule has 0 saturated heterocycles. The van der Waals surface area contributed by atoms with Gasteiger partial charge < -0.3 is 25.3 Å². The number of likely N-dealkylation sites (N-methyl/N-ethyl adjacent to an activating group) is 2. The lowest BCUT2D eigenvalue weighted by Crippen LogP contribution is -2.58. The van der Waals surface area contributed by atoms with Crippen LogP contribution >= 0.6 is 0 Å². The largest absolute Gasteiger partial charge is 0.396 e. The van der Waals surface area contributed by atoms with Crippen molar-refractivity contribution in [2.75, 3.05) is 34.3 Å². The van der Waals surface area contributed by atoms with Crippen LogP contribution in [0.15, 0.2) is 84.9 Å². The van der Waals surface area contributed by atoms with Crippen molar-refractivity contribution in [1.29, 1.82) is 0 Å². The van der Waals surface area contributed by atoms with Gasteiger partial charge in [-0.15, -0.1) is 0 Å². The van der Waals surface area contributed by atoms with Crippen LogP contribution in [0.2, 0.25) is 0 Å². The Labute approximate surface area is 269 Å². The third-order valence-electron chi connectivity index (χ3n) is 8.62. The molecule has 0 radical (unpaired) electrons. The normalized spacial score (nSPS) is 14.3. The predicted molar refractivity (Wildman–Crippen MR) is 183 cm³/mol. The number of hydrogen-bond acceptors (Lipinski definition) is 6. The van der Waals surface area contributed by atoms with E-state index in [1.807, 2.05) is 93.7 Å². The summed E-state index contributed by atoms with van der Waals surface area (Å²) in [5.74, 6) is -0.538. The molecule has 3 rings (SSSR count). The minimum atomic E-state index is -1.07. The second-order valence-corrected chi connectivity index (χ2v) is 13.4. The van der Waals surface area contributed by atoms with Gasteiger partial charge in [0.1, 0.15) is 12.3 Å². The van der Waals surface area contributed by atoms with Crippen LogP contribution < -0.4 is 10.6 Å². The second kappa shape index (κ2) is 16.1. The van der Waals surface area contributed by atoms with Gasteiger partial charge in [0.05, 0.1) is 6.04 Å². The van der Waals surface area contributed by atoms with Crippen LogP contribution in [0.5, 0.6) is 0 Å². The SMILES string of the molecule is CNC(C)(C)C/C=C/C(=O)N(C)[C@H](Cc1ccc2ccccc2c1)C(=O)N(C)[C@H](Cc1ccccc1)C(O)NCC(C)(C)CO. The third kappa shape index (κ3) is 10.5. The molecule has 1 unspecified atom stereocenters. The van der Waals surface area contributed by atoms with Crippen LogP contribution in [0.1, 0.15) is 45.2 Å². The summed E-state index contributed by atoms with van der Waals surface area (Å²) in [6.45, 7) is 8.22. The zero-order valence-electron chi connectivity index (χ0n) is 28.0. The van der Waals surface area contributed by atoms with E-state index in [4.69, 9.17) is 0 Å². The van der Waals surface area contributed by atoms with Gasteiger partial charge in [-0.2, -0.15) is 0 Å². The quantitative estimate of drug-likeness (QED) is 0.142. The van der Waals surface area contributed by atoms with E-state index in [1.165, 1.54) is 11.0 Å². The highest BCUT2D eigenvalue weighted by atomic mass is 16.3. The summed E-state index contributed by atoms with van der Waals surface area (Å²) in [4.78, 5) is 31.0. The Morgan fingerprint density at radius 3 is 2.16 bits per heavy atom. The molecule has 2 amide bonds. The van der Waals surface area contributed by atoms with E-state index >= 15 is 0 Å². The average Bonchev–Trinajstić information content (AvgIpc) is 3.04. The monoisotopic (exact) mass is 616 g/mol. The van der Waals surface area contributed by atoms with Gasteiger partial charge in [0.2, 0.25) is 11.8 Å². The number of fused-ring (bicyclic) bond motifs is 1. The Hall–Kier alpha value is -3.56. The molecule has 3 aromatic carbocycles. The van der Waals surface area contributed by atoms with E-state index in [-0.39, 0.29) is 24.0 Å². The lowest BCUT2D eigenvalue weighted by molar-refractivity contribution is -0.145. The number of benzene rings is 3. The van der Waals surface area contributed by atoms with Crippen LogP contribution in [-0.4, -0.2) is 90.0 Å². The van der Waals surface area contributed by atoms with Crippen molar-refractivity contribution in [2.24, 2.45) is 5.41 Å². The zero-order valence-corrected chi connectivity index (χ0v) is 28.0. The van der Waals surface area contributed by atoms with Crippen molar-refractivity contribution in [3.8, 4) is 0 Å². The number of carbonyl (C=O) groups is 2. The molecular weight excluding hydrogens is 564 g/mol. The Balaban J connectivity index is 1.95. The van der Waals surface area contributed by atoms with Gasteiger partial charge in [0.15, 0.2) is 0 Å². The topological polar surface area (TPSA) is 105 Å². The van der Waals surface area contributed by atoms with Crippen molar-refractivity contribution < 1.29 is 19.8 Å². The maximum atomic E-state index is 14.4. The molecule has 8 nitrogen and oxygen atoms in total. The number of nitrogens with one attached hydrogen (secondary N) is 2. The third-order valence-corrected chi connectivity index (χ3v) is 8.62. The number of amides is 2. The molecule has 0 heterocycles. The Morgan fingerprint density at radius 1 is 0.867 bits per heavy atom. The molecule has 244 valence electrons. The molecule has 0 saturated carbocycles. The van der Waals surface area contributed by atoms with Gasteiger partial charge in [0.25, 0.3) is 0 Å². The fraction of sp³-hybridized carbons (Fsp3) is 0.459. The summed E-state index contributed by atoms with van der Waals surface area (Å²) in [5.41, 5.74) is 1.27. The Morgan fingerprint density at radius 2 is 1.51 bits per heavy atom. The Kier molecular flexibility index (Phi) is 12.9. The molecule has 0 aliphatic rings. The molecule has 0 bridgehead atoms. The molecule has 3 aromatic rings. The lowest BCUT2D eigenvalue weighted by Gasteiger charge is -2.38. The van der Waals surface area contributed by atoms with Crippen LogP contribution in [0, 0.1) is 5.41 Å². The first kappa shape index (κ1) is 35.9. The predicted octanol–water partition coefficient (Wildman–Crippen LogP) is 4.15. The maximum Gasteiger partial charge on any atom is 0.246 e. The molecule has 0 aliphatic heterocycles. The fourth-order valence-corrected chi connectivity index (χ4v) is 5.09. The summed E-state index contributed by atoms with van der Waals surface area (Å²) < 4.78 is 0. The van der Waals surface area contributed by atoms with Gasteiger partial charge in [-0.05, 0) is 61.7 Å². The first-order valence-electron chi connectivity index (χ1n) is 15.7. The number of aliphatic hydroxyl groups excluding tert-OH is 2. The van der Waals surface area contributed by atoms with E-state index in [0.717, 1.165) is 21.9 Å². The fourth-order valence-electron chi connectivity index (χ4n) is 5.09. The molecule has 0 aliphatic carbocycles. The molecule has 0 fully saturated rings.